The van der Waals surface area contributed by atoms with Crippen molar-refractivity contribution in [3.8, 4) is 22.6 Å². The first-order valence-corrected chi connectivity index (χ1v) is 11.2. The van der Waals surface area contributed by atoms with Crippen LogP contribution in [0.5, 0.6) is 11.5 Å². The topological polar surface area (TPSA) is 65.1 Å². The monoisotopic (exact) mass is 501 g/mol. The molecule has 0 aliphatic rings. The van der Waals surface area contributed by atoms with Gasteiger partial charge >= 0.3 is 18.2 Å². The lowest BCUT2D eigenvalue weighted by molar-refractivity contribution is -0.274. The zero-order valence-electron chi connectivity index (χ0n) is 19.9. The number of carbonyl (C=O) groups excluding carboxylic acids is 2. The molecule has 0 saturated heterocycles. The van der Waals surface area contributed by atoms with Crippen LogP contribution in [0.3, 0.4) is 0 Å². The van der Waals surface area contributed by atoms with E-state index in [4.69, 9.17) is 4.74 Å². The van der Waals surface area contributed by atoms with Crippen LogP contribution >= 0.6 is 0 Å². The van der Waals surface area contributed by atoms with E-state index in [2.05, 4.69) is 9.47 Å². The van der Waals surface area contributed by atoms with E-state index in [1.807, 2.05) is 30.3 Å². The largest absolute Gasteiger partial charge is 0.573 e. The summed E-state index contributed by atoms with van der Waals surface area (Å²) in [6.07, 6.45) is -2.61. The molecule has 36 heavy (non-hydrogen) atoms. The molecule has 9 heteroatoms. The second kappa shape index (κ2) is 12.1. The molecule has 3 aromatic carbocycles. The summed E-state index contributed by atoms with van der Waals surface area (Å²) in [6.45, 7) is 0.241. The van der Waals surface area contributed by atoms with Gasteiger partial charge in [0.1, 0.15) is 11.5 Å². The number of amides is 1. The maximum atomic E-state index is 12.8. The van der Waals surface area contributed by atoms with Crippen molar-refractivity contribution in [3.63, 3.8) is 0 Å². The van der Waals surface area contributed by atoms with Gasteiger partial charge in [-0.1, -0.05) is 48.5 Å². The predicted molar refractivity (Wildman–Crippen MR) is 129 cm³/mol. The molecule has 190 valence electrons. The van der Waals surface area contributed by atoms with Gasteiger partial charge in [-0.3, -0.25) is 9.69 Å². The molecule has 0 spiro atoms. The van der Waals surface area contributed by atoms with Gasteiger partial charge < -0.3 is 14.2 Å². The summed E-state index contributed by atoms with van der Waals surface area (Å²) in [5.41, 5.74) is 2.51. The summed E-state index contributed by atoms with van der Waals surface area (Å²) >= 11 is 0. The van der Waals surface area contributed by atoms with Crippen LogP contribution in [0.15, 0.2) is 72.8 Å². The van der Waals surface area contributed by atoms with Gasteiger partial charge in [0.2, 0.25) is 0 Å². The number of hydrogen-bond donors (Lipinski definition) is 0. The lowest BCUT2D eigenvalue weighted by Crippen LogP contribution is -2.38. The summed E-state index contributed by atoms with van der Waals surface area (Å²) < 4.78 is 52.0. The van der Waals surface area contributed by atoms with E-state index in [1.54, 1.807) is 24.3 Å². The Kier molecular flexibility index (Phi) is 8.94. The van der Waals surface area contributed by atoms with Crippen LogP contribution in [0.25, 0.3) is 11.1 Å². The lowest BCUT2D eigenvalue weighted by atomic mass is 10.0. The van der Waals surface area contributed by atoms with Crippen LogP contribution in [-0.2, 0) is 20.7 Å². The number of alkyl halides is 3. The number of ether oxygens (including phenoxy) is 3. The Morgan fingerprint density at radius 2 is 1.58 bits per heavy atom. The van der Waals surface area contributed by atoms with Crippen molar-refractivity contribution < 1.29 is 37.0 Å². The van der Waals surface area contributed by atoms with Gasteiger partial charge in [-0.2, -0.15) is 0 Å². The molecule has 0 fully saturated rings. The third kappa shape index (κ3) is 7.24. The van der Waals surface area contributed by atoms with Gasteiger partial charge in [0.05, 0.1) is 19.9 Å². The Morgan fingerprint density at radius 1 is 0.861 bits per heavy atom. The molecule has 0 aliphatic heterocycles. The minimum absolute atomic E-state index is 0.241. The van der Waals surface area contributed by atoms with Crippen molar-refractivity contribution in [1.29, 1.82) is 0 Å². The van der Waals surface area contributed by atoms with Crippen molar-refractivity contribution in [3.05, 3.63) is 78.4 Å². The van der Waals surface area contributed by atoms with Gasteiger partial charge in [-0.05, 0) is 60.2 Å². The molecule has 6 nitrogen and oxygen atoms in total. The minimum atomic E-state index is -4.81. The summed E-state index contributed by atoms with van der Waals surface area (Å²) in [7, 11) is 2.53. The summed E-state index contributed by atoms with van der Waals surface area (Å²) in [5, 5.41) is 0. The SMILES string of the molecule is COC(=O)C(=O)N(CCCCc1ccccc1)c1ccc(-c2cccc(OC(F)(F)F)c2)cc1OC. The quantitative estimate of drug-likeness (QED) is 0.211. The number of hydrogen-bond acceptors (Lipinski definition) is 5. The Bertz CT molecular complexity index is 1180. The second-order valence-corrected chi connectivity index (χ2v) is 7.85. The number of nitrogens with zero attached hydrogens (tertiary/aromatic N) is 1. The molecule has 0 atom stereocenters. The van der Waals surface area contributed by atoms with Crippen molar-refractivity contribution >= 4 is 17.6 Å². The molecule has 0 aromatic heterocycles. The third-order valence-electron chi connectivity index (χ3n) is 5.42. The number of methoxy groups -OCH3 is 2. The Balaban J connectivity index is 1.84. The first kappa shape index (κ1) is 26.6. The number of esters is 1. The van der Waals surface area contributed by atoms with Crippen molar-refractivity contribution in [2.24, 2.45) is 0 Å². The molecule has 0 heterocycles. The second-order valence-electron chi connectivity index (χ2n) is 7.85. The average Bonchev–Trinajstić information content (AvgIpc) is 2.87. The first-order valence-electron chi connectivity index (χ1n) is 11.2. The van der Waals surface area contributed by atoms with Gasteiger partial charge in [0.25, 0.3) is 0 Å². The van der Waals surface area contributed by atoms with Crippen LogP contribution in [-0.4, -0.2) is 39.0 Å². The van der Waals surface area contributed by atoms with E-state index in [0.29, 0.717) is 23.2 Å². The molecule has 0 unspecified atom stereocenters. The smallest absolute Gasteiger partial charge is 0.495 e. The van der Waals surface area contributed by atoms with Crippen molar-refractivity contribution in [2.45, 2.75) is 25.6 Å². The number of halogens is 3. The van der Waals surface area contributed by atoms with E-state index < -0.39 is 18.2 Å². The lowest BCUT2D eigenvalue weighted by Gasteiger charge is -2.24. The average molecular weight is 502 g/mol. The Hall–Kier alpha value is -4.01. The van der Waals surface area contributed by atoms with Gasteiger partial charge in [0.15, 0.2) is 0 Å². The van der Waals surface area contributed by atoms with Crippen LogP contribution < -0.4 is 14.4 Å². The molecule has 3 aromatic rings. The van der Waals surface area contributed by atoms with E-state index in [9.17, 15) is 22.8 Å². The zero-order valence-corrected chi connectivity index (χ0v) is 19.9. The third-order valence-corrected chi connectivity index (χ3v) is 5.42. The number of anilines is 1. The fourth-order valence-electron chi connectivity index (χ4n) is 3.73. The van der Waals surface area contributed by atoms with E-state index in [0.717, 1.165) is 20.0 Å². The maximum Gasteiger partial charge on any atom is 0.573 e. The summed E-state index contributed by atoms with van der Waals surface area (Å²) in [6, 6.07) is 20.2. The molecule has 1 amide bonds. The highest BCUT2D eigenvalue weighted by molar-refractivity contribution is 6.38. The van der Waals surface area contributed by atoms with E-state index in [-0.39, 0.29) is 18.0 Å². The number of benzene rings is 3. The standard InChI is InChI=1S/C27H26F3NO5/c1-34-24-18-21(20-12-8-13-22(17-20)36-27(28,29)30)14-15-23(24)31(25(32)26(33)35-2)16-7-6-11-19-9-4-3-5-10-19/h3-5,8-10,12-15,17-18H,6-7,11,16H2,1-2H3. The van der Waals surface area contributed by atoms with Gasteiger partial charge in [-0.15, -0.1) is 13.2 Å². The number of carbonyl (C=O) groups is 2. The highest BCUT2D eigenvalue weighted by Gasteiger charge is 2.31. The first-order chi connectivity index (χ1) is 17.2. The van der Waals surface area contributed by atoms with E-state index in [1.165, 1.54) is 35.8 Å². The molecule has 0 bridgehead atoms. The van der Waals surface area contributed by atoms with E-state index >= 15 is 0 Å². The number of unbranched alkanes of at least 4 members (excludes halogenated alkanes) is 1. The summed E-state index contributed by atoms with van der Waals surface area (Å²) in [5.74, 6) is -1.94. The molecule has 0 radical (unpaired) electrons. The van der Waals surface area contributed by atoms with Crippen molar-refractivity contribution in [2.75, 3.05) is 25.7 Å². The Labute approximate surface area is 207 Å². The molecule has 3 rings (SSSR count). The van der Waals surface area contributed by atoms with Crippen LogP contribution in [0, 0.1) is 0 Å². The minimum Gasteiger partial charge on any atom is -0.495 e. The zero-order chi connectivity index (χ0) is 26.1. The van der Waals surface area contributed by atoms with Gasteiger partial charge in [0, 0.05) is 6.54 Å². The van der Waals surface area contributed by atoms with Crippen LogP contribution in [0.1, 0.15) is 18.4 Å². The molecule has 0 saturated carbocycles. The van der Waals surface area contributed by atoms with Gasteiger partial charge in [-0.25, -0.2) is 4.79 Å². The fourth-order valence-corrected chi connectivity index (χ4v) is 3.73. The predicted octanol–water partition coefficient (Wildman–Crippen LogP) is 5.79. The van der Waals surface area contributed by atoms with Crippen LogP contribution in [0.4, 0.5) is 18.9 Å². The summed E-state index contributed by atoms with van der Waals surface area (Å²) in [4.78, 5) is 26.2. The normalized spacial score (nSPS) is 11.0. The fraction of sp³-hybridized carbons (Fsp3) is 0.259. The highest BCUT2D eigenvalue weighted by atomic mass is 19.4. The molecule has 0 aliphatic carbocycles. The molecular formula is C27H26F3NO5. The number of aryl methyl sites for hydroxylation is 1. The highest BCUT2D eigenvalue weighted by Crippen LogP contribution is 2.35. The van der Waals surface area contributed by atoms with Crippen LogP contribution in [0.2, 0.25) is 0 Å². The Morgan fingerprint density at radius 3 is 2.25 bits per heavy atom. The van der Waals surface area contributed by atoms with Crippen molar-refractivity contribution in [1.82, 2.24) is 0 Å². The molecule has 0 N–H and O–H groups in total. The maximum absolute atomic E-state index is 12.8. The molecular weight excluding hydrogens is 475 g/mol. The number of rotatable bonds is 9.